The Morgan fingerprint density at radius 1 is 1.41 bits per heavy atom. The molecule has 2 N–H and O–H groups in total. The highest BCUT2D eigenvalue weighted by Gasteiger charge is 2.35. The molecule has 0 saturated carbocycles. The molecule has 1 heterocycles. The molecule has 1 unspecified atom stereocenters. The van der Waals surface area contributed by atoms with Gasteiger partial charge < -0.3 is 10.4 Å². The van der Waals surface area contributed by atoms with Gasteiger partial charge in [-0.3, -0.25) is 4.79 Å². The number of hydrogen-bond acceptors (Lipinski definition) is 3. The molecule has 0 bridgehead atoms. The first-order valence-corrected chi connectivity index (χ1v) is 7.28. The molecule has 1 aliphatic rings. The molecule has 17 heavy (non-hydrogen) atoms. The Labute approximate surface area is 107 Å². The van der Waals surface area contributed by atoms with E-state index in [0.29, 0.717) is 6.42 Å². The Bertz CT molecular complexity index is 289. The van der Waals surface area contributed by atoms with E-state index in [0.717, 1.165) is 30.8 Å². The van der Waals surface area contributed by atoms with Crippen LogP contribution >= 0.6 is 11.8 Å². The minimum Gasteiger partial charge on any atom is -0.480 e. The highest BCUT2D eigenvalue weighted by atomic mass is 32.2. The predicted octanol–water partition coefficient (Wildman–Crippen LogP) is 1.89. The Hall–Kier alpha value is -0.710. The lowest BCUT2D eigenvalue weighted by molar-refractivity contribution is -0.148. The third-order valence-electron chi connectivity index (χ3n) is 3.21. The summed E-state index contributed by atoms with van der Waals surface area (Å²) in [6.07, 6.45) is 2.93. The van der Waals surface area contributed by atoms with Gasteiger partial charge in [-0.2, -0.15) is 11.8 Å². The Morgan fingerprint density at radius 2 is 2.00 bits per heavy atom. The summed E-state index contributed by atoms with van der Waals surface area (Å²) in [5, 5.41) is 11.9. The van der Waals surface area contributed by atoms with Crippen LogP contribution in [0.2, 0.25) is 0 Å². The maximum atomic E-state index is 12.0. The highest BCUT2D eigenvalue weighted by Crippen LogP contribution is 2.24. The van der Waals surface area contributed by atoms with Gasteiger partial charge in [-0.1, -0.05) is 13.3 Å². The second-order valence-corrected chi connectivity index (χ2v) is 5.99. The van der Waals surface area contributed by atoms with Crippen molar-refractivity contribution in [1.82, 2.24) is 5.32 Å². The van der Waals surface area contributed by atoms with Crippen molar-refractivity contribution in [3.8, 4) is 0 Å². The van der Waals surface area contributed by atoms with Gasteiger partial charge in [0.25, 0.3) is 0 Å². The van der Waals surface area contributed by atoms with Crippen molar-refractivity contribution in [2.45, 2.75) is 45.1 Å². The van der Waals surface area contributed by atoms with Crippen LogP contribution in [-0.4, -0.2) is 34.0 Å². The summed E-state index contributed by atoms with van der Waals surface area (Å²) in [5.74, 6) is 0.944. The molecular formula is C12H21NO3S. The Morgan fingerprint density at radius 3 is 2.47 bits per heavy atom. The van der Waals surface area contributed by atoms with Gasteiger partial charge in [-0.05, 0) is 37.7 Å². The SMILES string of the molecule is CCCC(C)(NC(=O)C1CCSCC1)C(=O)O. The summed E-state index contributed by atoms with van der Waals surface area (Å²) >= 11 is 1.85. The average Bonchev–Trinajstić information content (AvgIpc) is 2.30. The molecular weight excluding hydrogens is 238 g/mol. The third kappa shape index (κ3) is 3.91. The number of carbonyl (C=O) groups is 2. The van der Waals surface area contributed by atoms with E-state index in [4.69, 9.17) is 0 Å². The number of amides is 1. The van der Waals surface area contributed by atoms with E-state index < -0.39 is 11.5 Å². The molecule has 98 valence electrons. The van der Waals surface area contributed by atoms with Gasteiger partial charge in [0.1, 0.15) is 5.54 Å². The minimum atomic E-state index is -1.11. The first kappa shape index (κ1) is 14.4. The van der Waals surface area contributed by atoms with Crippen LogP contribution in [0.15, 0.2) is 0 Å². The molecule has 1 amide bonds. The lowest BCUT2D eigenvalue weighted by atomic mass is 9.93. The molecule has 0 radical (unpaired) electrons. The maximum absolute atomic E-state index is 12.0. The van der Waals surface area contributed by atoms with Crippen molar-refractivity contribution < 1.29 is 14.7 Å². The number of carboxylic acid groups (broad SMARTS) is 1. The normalized spacial score (nSPS) is 20.6. The van der Waals surface area contributed by atoms with E-state index in [1.54, 1.807) is 6.92 Å². The quantitative estimate of drug-likeness (QED) is 0.791. The van der Waals surface area contributed by atoms with Gasteiger partial charge in [-0.25, -0.2) is 4.79 Å². The van der Waals surface area contributed by atoms with Crippen LogP contribution in [0.4, 0.5) is 0 Å². The molecule has 1 fully saturated rings. The lowest BCUT2D eigenvalue weighted by Gasteiger charge is -2.29. The van der Waals surface area contributed by atoms with Crippen LogP contribution in [0.5, 0.6) is 0 Å². The Balaban J connectivity index is 2.60. The van der Waals surface area contributed by atoms with Gasteiger partial charge in [0, 0.05) is 5.92 Å². The number of aliphatic carboxylic acids is 1. The van der Waals surface area contributed by atoms with Gasteiger partial charge >= 0.3 is 5.97 Å². The molecule has 1 saturated heterocycles. The van der Waals surface area contributed by atoms with E-state index >= 15 is 0 Å². The summed E-state index contributed by atoms with van der Waals surface area (Å²) in [6, 6.07) is 0. The largest absolute Gasteiger partial charge is 0.480 e. The van der Waals surface area contributed by atoms with Gasteiger partial charge in [0.15, 0.2) is 0 Å². The Kier molecular flexibility index (Phi) is 5.31. The zero-order valence-electron chi connectivity index (χ0n) is 10.5. The summed E-state index contributed by atoms with van der Waals surface area (Å²) in [7, 11) is 0. The van der Waals surface area contributed by atoms with Crippen molar-refractivity contribution in [2.24, 2.45) is 5.92 Å². The molecule has 0 aromatic carbocycles. The standard InChI is InChI=1S/C12H21NO3S/c1-3-6-12(2,11(15)16)13-10(14)9-4-7-17-8-5-9/h9H,3-8H2,1-2H3,(H,13,14)(H,15,16). The number of carbonyl (C=O) groups excluding carboxylic acids is 1. The molecule has 4 nitrogen and oxygen atoms in total. The number of nitrogens with one attached hydrogen (secondary N) is 1. The number of hydrogen-bond donors (Lipinski definition) is 2. The molecule has 1 atom stereocenters. The molecule has 0 aromatic heterocycles. The number of carboxylic acids is 1. The van der Waals surface area contributed by atoms with E-state index in [-0.39, 0.29) is 11.8 Å². The number of thioether (sulfide) groups is 1. The van der Waals surface area contributed by atoms with Gasteiger partial charge in [0.05, 0.1) is 0 Å². The van der Waals surface area contributed by atoms with Crippen molar-refractivity contribution in [1.29, 1.82) is 0 Å². The fourth-order valence-corrected chi connectivity index (χ4v) is 3.16. The van der Waals surface area contributed by atoms with E-state index in [2.05, 4.69) is 5.32 Å². The molecule has 0 aliphatic carbocycles. The van der Waals surface area contributed by atoms with Crippen LogP contribution in [-0.2, 0) is 9.59 Å². The highest BCUT2D eigenvalue weighted by molar-refractivity contribution is 7.99. The fraction of sp³-hybridized carbons (Fsp3) is 0.833. The topological polar surface area (TPSA) is 66.4 Å². The molecule has 5 heteroatoms. The smallest absolute Gasteiger partial charge is 0.329 e. The predicted molar refractivity (Wildman–Crippen MR) is 69.1 cm³/mol. The van der Waals surface area contributed by atoms with Crippen molar-refractivity contribution in [3.05, 3.63) is 0 Å². The first-order chi connectivity index (χ1) is 7.99. The average molecular weight is 259 g/mol. The van der Waals surface area contributed by atoms with Crippen molar-refractivity contribution in [2.75, 3.05) is 11.5 Å². The molecule has 1 aliphatic heterocycles. The summed E-state index contributed by atoms with van der Waals surface area (Å²) in [4.78, 5) is 23.2. The van der Waals surface area contributed by atoms with Crippen LogP contribution in [0.3, 0.4) is 0 Å². The van der Waals surface area contributed by atoms with Crippen LogP contribution < -0.4 is 5.32 Å². The van der Waals surface area contributed by atoms with Gasteiger partial charge in [0.2, 0.25) is 5.91 Å². The van der Waals surface area contributed by atoms with Crippen LogP contribution in [0.25, 0.3) is 0 Å². The minimum absolute atomic E-state index is 0.00761. The second-order valence-electron chi connectivity index (χ2n) is 4.76. The fourth-order valence-electron chi connectivity index (χ4n) is 2.06. The van der Waals surface area contributed by atoms with Gasteiger partial charge in [-0.15, -0.1) is 0 Å². The lowest BCUT2D eigenvalue weighted by Crippen LogP contribution is -2.54. The van der Waals surface area contributed by atoms with E-state index in [1.807, 2.05) is 18.7 Å². The van der Waals surface area contributed by atoms with E-state index in [9.17, 15) is 14.7 Å². The monoisotopic (exact) mass is 259 g/mol. The molecule has 1 rings (SSSR count). The summed E-state index contributed by atoms with van der Waals surface area (Å²) < 4.78 is 0. The zero-order valence-corrected chi connectivity index (χ0v) is 11.3. The zero-order chi connectivity index (χ0) is 12.9. The molecule has 0 spiro atoms. The van der Waals surface area contributed by atoms with Crippen molar-refractivity contribution >= 4 is 23.6 Å². The first-order valence-electron chi connectivity index (χ1n) is 6.13. The van der Waals surface area contributed by atoms with Crippen LogP contribution in [0.1, 0.15) is 39.5 Å². The van der Waals surface area contributed by atoms with Crippen LogP contribution in [0, 0.1) is 5.92 Å². The summed E-state index contributed by atoms with van der Waals surface area (Å²) in [5.41, 5.74) is -1.11. The third-order valence-corrected chi connectivity index (χ3v) is 4.26. The van der Waals surface area contributed by atoms with E-state index in [1.165, 1.54) is 0 Å². The van der Waals surface area contributed by atoms with Crippen molar-refractivity contribution in [3.63, 3.8) is 0 Å². The maximum Gasteiger partial charge on any atom is 0.329 e. The summed E-state index contributed by atoms with van der Waals surface area (Å²) in [6.45, 7) is 3.51. The molecule has 0 aromatic rings. The number of rotatable bonds is 5. The second kappa shape index (κ2) is 6.28.